The number of hydrogen-bond acceptors (Lipinski definition) is 4. The predicted octanol–water partition coefficient (Wildman–Crippen LogP) is 1.78. The summed E-state index contributed by atoms with van der Waals surface area (Å²) in [5.74, 6) is 0. The third-order valence-corrected chi connectivity index (χ3v) is 2.14. The molecule has 0 bridgehead atoms. The Bertz CT molecular complexity index is 414. The van der Waals surface area contributed by atoms with Crippen molar-refractivity contribution in [3.8, 4) is 12.1 Å². The van der Waals surface area contributed by atoms with Gasteiger partial charge < -0.3 is 10.6 Å². The SMILES string of the molecule is N#CCN(CC#N)c1ccc(N)cc1Cl. The van der Waals surface area contributed by atoms with Gasteiger partial charge in [0.05, 0.1) is 22.8 Å². The molecule has 0 atom stereocenters. The van der Waals surface area contributed by atoms with Crippen molar-refractivity contribution >= 4 is 23.0 Å². The molecule has 0 aliphatic rings. The largest absolute Gasteiger partial charge is 0.399 e. The molecule has 5 heteroatoms. The highest BCUT2D eigenvalue weighted by molar-refractivity contribution is 6.33. The first kappa shape index (κ1) is 11.2. The highest BCUT2D eigenvalue weighted by Crippen LogP contribution is 2.27. The summed E-state index contributed by atoms with van der Waals surface area (Å²) >= 11 is 5.96. The number of rotatable bonds is 3. The van der Waals surface area contributed by atoms with Crippen LogP contribution < -0.4 is 10.6 Å². The minimum absolute atomic E-state index is 0.122. The molecule has 1 aromatic carbocycles. The highest BCUT2D eigenvalue weighted by Gasteiger charge is 2.09. The molecule has 0 amide bonds. The Kier molecular flexibility index (Phi) is 3.79. The maximum Gasteiger partial charge on any atom is 0.107 e. The normalized spacial score (nSPS) is 9.00. The summed E-state index contributed by atoms with van der Waals surface area (Å²) in [7, 11) is 0. The number of anilines is 2. The highest BCUT2D eigenvalue weighted by atomic mass is 35.5. The molecule has 0 saturated heterocycles. The molecular weight excluding hydrogens is 212 g/mol. The third kappa shape index (κ3) is 2.77. The van der Waals surface area contributed by atoms with Gasteiger partial charge >= 0.3 is 0 Å². The maximum absolute atomic E-state index is 8.60. The van der Waals surface area contributed by atoms with Gasteiger partial charge in [0, 0.05) is 5.69 Å². The fourth-order valence-corrected chi connectivity index (χ4v) is 1.49. The van der Waals surface area contributed by atoms with Crippen LogP contribution in [0.15, 0.2) is 18.2 Å². The molecule has 0 radical (unpaired) electrons. The van der Waals surface area contributed by atoms with Crippen LogP contribution in [0.25, 0.3) is 0 Å². The van der Waals surface area contributed by atoms with Gasteiger partial charge in [-0.2, -0.15) is 10.5 Å². The van der Waals surface area contributed by atoms with Gasteiger partial charge in [0.25, 0.3) is 0 Å². The summed E-state index contributed by atoms with van der Waals surface area (Å²) in [5.41, 5.74) is 6.74. The minimum Gasteiger partial charge on any atom is -0.399 e. The van der Waals surface area contributed by atoms with Crippen LogP contribution in [0.3, 0.4) is 0 Å². The van der Waals surface area contributed by atoms with Gasteiger partial charge in [0.15, 0.2) is 0 Å². The molecule has 2 N–H and O–H groups in total. The van der Waals surface area contributed by atoms with Crippen molar-refractivity contribution < 1.29 is 0 Å². The van der Waals surface area contributed by atoms with Crippen LogP contribution in [0.4, 0.5) is 11.4 Å². The van der Waals surface area contributed by atoms with Gasteiger partial charge in [0.2, 0.25) is 0 Å². The molecule has 0 heterocycles. The Balaban J connectivity index is 3.02. The standard InChI is InChI=1S/C10H9ClN4/c11-9-7-8(14)1-2-10(9)15(5-3-12)6-4-13/h1-2,7H,5-6,14H2. The van der Waals surface area contributed by atoms with Gasteiger partial charge in [-0.15, -0.1) is 0 Å². The lowest BCUT2D eigenvalue weighted by molar-refractivity contribution is 0.967. The first-order chi connectivity index (χ1) is 7.19. The van der Waals surface area contributed by atoms with E-state index < -0.39 is 0 Å². The molecule has 4 nitrogen and oxygen atoms in total. The van der Waals surface area contributed by atoms with E-state index in [4.69, 9.17) is 27.9 Å². The van der Waals surface area contributed by atoms with Gasteiger partial charge in [-0.25, -0.2) is 0 Å². The molecule has 0 saturated carbocycles. The van der Waals surface area contributed by atoms with E-state index in [1.807, 2.05) is 12.1 Å². The third-order valence-electron chi connectivity index (χ3n) is 1.84. The fraction of sp³-hybridized carbons (Fsp3) is 0.200. The monoisotopic (exact) mass is 220 g/mol. The van der Waals surface area contributed by atoms with Crippen LogP contribution in [0.1, 0.15) is 0 Å². The van der Waals surface area contributed by atoms with E-state index in [9.17, 15) is 0 Å². The fourth-order valence-electron chi connectivity index (χ4n) is 1.18. The van der Waals surface area contributed by atoms with Crippen LogP contribution in [-0.2, 0) is 0 Å². The Labute approximate surface area is 93.1 Å². The minimum atomic E-state index is 0.122. The summed E-state index contributed by atoms with van der Waals surface area (Å²) in [6.45, 7) is 0.244. The van der Waals surface area contributed by atoms with Crippen molar-refractivity contribution in [2.75, 3.05) is 23.7 Å². The van der Waals surface area contributed by atoms with Gasteiger partial charge in [-0.1, -0.05) is 11.6 Å². The Morgan fingerprint density at radius 1 is 1.27 bits per heavy atom. The van der Waals surface area contributed by atoms with E-state index in [2.05, 4.69) is 0 Å². The number of nitrogens with two attached hydrogens (primary N) is 1. The summed E-state index contributed by atoms with van der Waals surface area (Å²) in [6, 6.07) is 8.94. The average Bonchev–Trinajstić information content (AvgIpc) is 2.17. The van der Waals surface area contributed by atoms with E-state index >= 15 is 0 Å². The van der Waals surface area contributed by atoms with E-state index in [1.54, 1.807) is 23.1 Å². The zero-order valence-corrected chi connectivity index (χ0v) is 8.70. The van der Waals surface area contributed by atoms with E-state index in [0.717, 1.165) is 0 Å². The van der Waals surface area contributed by atoms with E-state index in [1.165, 1.54) is 0 Å². The quantitative estimate of drug-likeness (QED) is 0.622. The van der Waals surface area contributed by atoms with Crippen LogP contribution in [0, 0.1) is 22.7 Å². The van der Waals surface area contributed by atoms with Crippen molar-refractivity contribution in [3.63, 3.8) is 0 Å². The molecule has 0 unspecified atom stereocenters. The molecule has 0 spiro atoms. The molecular formula is C10H9ClN4. The Morgan fingerprint density at radius 2 is 1.87 bits per heavy atom. The molecule has 1 rings (SSSR count). The predicted molar refractivity (Wildman–Crippen MR) is 59.3 cm³/mol. The number of nitrogens with zero attached hydrogens (tertiary/aromatic N) is 3. The van der Waals surface area contributed by atoms with Crippen molar-refractivity contribution in [3.05, 3.63) is 23.2 Å². The van der Waals surface area contributed by atoms with Crippen molar-refractivity contribution in [1.29, 1.82) is 10.5 Å². The van der Waals surface area contributed by atoms with Crippen molar-refractivity contribution in [2.24, 2.45) is 0 Å². The lowest BCUT2D eigenvalue weighted by atomic mass is 10.2. The van der Waals surface area contributed by atoms with Crippen molar-refractivity contribution in [1.82, 2.24) is 0 Å². The van der Waals surface area contributed by atoms with E-state index in [-0.39, 0.29) is 13.1 Å². The van der Waals surface area contributed by atoms with Crippen LogP contribution in [0.2, 0.25) is 5.02 Å². The number of halogens is 1. The van der Waals surface area contributed by atoms with Gasteiger partial charge in [-0.3, -0.25) is 0 Å². The molecule has 1 aromatic rings. The van der Waals surface area contributed by atoms with Crippen molar-refractivity contribution in [2.45, 2.75) is 0 Å². The maximum atomic E-state index is 8.60. The zero-order valence-electron chi connectivity index (χ0n) is 7.94. The Morgan fingerprint density at radius 3 is 2.33 bits per heavy atom. The summed E-state index contributed by atoms with van der Waals surface area (Å²) in [5, 5.41) is 17.6. The number of benzene rings is 1. The Hall–Kier alpha value is -1.91. The smallest absolute Gasteiger partial charge is 0.107 e. The second kappa shape index (κ2) is 5.09. The lowest BCUT2D eigenvalue weighted by Gasteiger charge is -2.19. The topological polar surface area (TPSA) is 76.8 Å². The first-order valence-corrected chi connectivity index (χ1v) is 4.60. The molecule has 0 aromatic heterocycles. The summed E-state index contributed by atoms with van der Waals surface area (Å²) in [4.78, 5) is 1.59. The summed E-state index contributed by atoms with van der Waals surface area (Å²) < 4.78 is 0. The molecule has 0 aliphatic heterocycles. The number of nitrogen functional groups attached to an aromatic ring is 1. The van der Waals surface area contributed by atoms with Gasteiger partial charge in [0.1, 0.15) is 13.1 Å². The zero-order chi connectivity index (χ0) is 11.3. The number of hydrogen-bond donors (Lipinski definition) is 1. The van der Waals surface area contributed by atoms with Crippen LogP contribution in [0.5, 0.6) is 0 Å². The van der Waals surface area contributed by atoms with Gasteiger partial charge in [-0.05, 0) is 18.2 Å². The second-order valence-electron chi connectivity index (χ2n) is 2.88. The molecule has 76 valence electrons. The molecule has 0 fully saturated rings. The molecule has 0 aliphatic carbocycles. The van der Waals surface area contributed by atoms with Crippen LogP contribution in [-0.4, -0.2) is 13.1 Å². The van der Waals surface area contributed by atoms with Crippen LogP contribution >= 0.6 is 11.6 Å². The molecule has 15 heavy (non-hydrogen) atoms. The summed E-state index contributed by atoms with van der Waals surface area (Å²) in [6.07, 6.45) is 0. The first-order valence-electron chi connectivity index (χ1n) is 4.23. The number of nitriles is 2. The van der Waals surface area contributed by atoms with E-state index in [0.29, 0.717) is 16.4 Å². The lowest BCUT2D eigenvalue weighted by Crippen LogP contribution is -2.24. The average molecular weight is 221 g/mol. The second-order valence-corrected chi connectivity index (χ2v) is 3.29.